The Bertz CT molecular complexity index is 189. The van der Waals surface area contributed by atoms with Gasteiger partial charge in [0.1, 0.15) is 0 Å². The van der Waals surface area contributed by atoms with Crippen LogP contribution in [0.25, 0.3) is 0 Å². The van der Waals surface area contributed by atoms with Crippen molar-refractivity contribution in [3.8, 4) is 0 Å². The fourth-order valence-electron chi connectivity index (χ4n) is 2.48. The summed E-state index contributed by atoms with van der Waals surface area (Å²) in [5.41, 5.74) is 5.46. The van der Waals surface area contributed by atoms with Crippen LogP contribution in [-0.2, 0) is 0 Å². The zero-order valence-corrected chi connectivity index (χ0v) is 10.4. The quantitative estimate of drug-likeness (QED) is 0.723. The molecule has 90 valence electrons. The highest BCUT2D eigenvalue weighted by Crippen LogP contribution is 2.25. The van der Waals surface area contributed by atoms with Crippen molar-refractivity contribution in [1.82, 2.24) is 4.90 Å². The average molecular weight is 214 g/mol. The van der Waals surface area contributed by atoms with Crippen LogP contribution in [0.4, 0.5) is 0 Å². The van der Waals surface area contributed by atoms with Crippen LogP contribution < -0.4 is 5.73 Å². The third kappa shape index (κ3) is 4.49. The standard InChI is InChI=1S/C12H26N2O/c1-4-14(9-12(2,3)15)8-10-6-5-7-11(10)13/h10-11,15H,4-9,13H2,1-3H3. The van der Waals surface area contributed by atoms with E-state index < -0.39 is 5.60 Å². The molecule has 0 aromatic heterocycles. The summed E-state index contributed by atoms with van der Waals surface area (Å²) in [6.45, 7) is 8.66. The van der Waals surface area contributed by atoms with Gasteiger partial charge in [-0.05, 0) is 39.2 Å². The lowest BCUT2D eigenvalue weighted by atomic mass is 10.0. The summed E-state index contributed by atoms with van der Waals surface area (Å²) in [5, 5.41) is 9.79. The smallest absolute Gasteiger partial charge is 0.0718 e. The molecule has 0 aromatic rings. The fraction of sp³-hybridized carbons (Fsp3) is 1.00. The van der Waals surface area contributed by atoms with Crippen LogP contribution >= 0.6 is 0 Å². The van der Waals surface area contributed by atoms with Crippen LogP contribution in [0.15, 0.2) is 0 Å². The largest absolute Gasteiger partial charge is 0.389 e. The van der Waals surface area contributed by atoms with Gasteiger partial charge in [0, 0.05) is 19.1 Å². The van der Waals surface area contributed by atoms with E-state index in [-0.39, 0.29) is 0 Å². The van der Waals surface area contributed by atoms with Gasteiger partial charge in [0.2, 0.25) is 0 Å². The first-order chi connectivity index (χ1) is 6.92. The first-order valence-corrected chi connectivity index (χ1v) is 6.12. The van der Waals surface area contributed by atoms with E-state index in [0.717, 1.165) is 19.6 Å². The molecule has 1 saturated carbocycles. The second-order valence-corrected chi connectivity index (χ2v) is 5.50. The molecule has 0 spiro atoms. The third-order valence-electron chi connectivity index (χ3n) is 3.27. The topological polar surface area (TPSA) is 49.5 Å². The number of nitrogens with two attached hydrogens (primary N) is 1. The maximum absolute atomic E-state index is 9.79. The van der Waals surface area contributed by atoms with Gasteiger partial charge in [-0.15, -0.1) is 0 Å². The minimum atomic E-state index is -0.599. The highest BCUT2D eigenvalue weighted by molar-refractivity contribution is 4.83. The lowest BCUT2D eigenvalue weighted by Gasteiger charge is -2.31. The minimum absolute atomic E-state index is 0.376. The molecule has 1 aliphatic rings. The second-order valence-electron chi connectivity index (χ2n) is 5.50. The lowest BCUT2D eigenvalue weighted by Crippen LogP contribution is -2.43. The summed E-state index contributed by atoms with van der Waals surface area (Å²) < 4.78 is 0. The predicted molar refractivity (Wildman–Crippen MR) is 63.7 cm³/mol. The second kappa shape index (κ2) is 5.28. The van der Waals surface area contributed by atoms with Gasteiger partial charge in [-0.25, -0.2) is 0 Å². The van der Waals surface area contributed by atoms with Gasteiger partial charge in [-0.3, -0.25) is 0 Å². The summed E-state index contributed by atoms with van der Waals surface area (Å²) in [6, 6.07) is 0.376. The van der Waals surface area contributed by atoms with Crippen molar-refractivity contribution in [1.29, 1.82) is 0 Å². The molecule has 0 aromatic carbocycles. The molecule has 3 heteroatoms. The first kappa shape index (κ1) is 12.9. The van der Waals surface area contributed by atoms with Crippen LogP contribution in [0.3, 0.4) is 0 Å². The molecular weight excluding hydrogens is 188 g/mol. The van der Waals surface area contributed by atoms with E-state index in [2.05, 4.69) is 11.8 Å². The van der Waals surface area contributed by atoms with Gasteiger partial charge < -0.3 is 15.7 Å². The van der Waals surface area contributed by atoms with Crippen molar-refractivity contribution in [3.05, 3.63) is 0 Å². The first-order valence-electron chi connectivity index (χ1n) is 6.12. The van der Waals surface area contributed by atoms with E-state index in [0.29, 0.717) is 12.0 Å². The number of hydrogen-bond acceptors (Lipinski definition) is 3. The summed E-state index contributed by atoms with van der Waals surface area (Å²) in [4.78, 5) is 2.32. The SMILES string of the molecule is CCN(CC1CCCC1N)CC(C)(C)O. The molecule has 3 N–H and O–H groups in total. The van der Waals surface area contributed by atoms with Gasteiger partial charge in [-0.1, -0.05) is 13.3 Å². The monoisotopic (exact) mass is 214 g/mol. The van der Waals surface area contributed by atoms with Crippen LogP contribution in [0.5, 0.6) is 0 Å². The number of rotatable bonds is 5. The Balaban J connectivity index is 2.39. The Morgan fingerprint density at radius 3 is 2.47 bits per heavy atom. The van der Waals surface area contributed by atoms with E-state index in [4.69, 9.17) is 5.73 Å². The third-order valence-corrected chi connectivity index (χ3v) is 3.27. The van der Waals surface area contributed by atoms with Gasteiger partial charge in [0.05, 0.1) is 5.60 Å². The molecule has 0 saturated heterocycles. The Hall–Kier alpha value is -0.120. The highest BCUT2D eigenvalue weighted by atomic mass is 16.3. The molecule has 1 fully saturated rings. The number of likely N-dealkylation sites (N-methyl/N-ethyl adjacent to an activating group) is 1. The summed E-state index contributed by atoms with van der Waals surface area (Å²) in [6.07, 6.45) is 3.69. The van der Waals surface area contributed by atoms with Crippen LogP contribution in [0, 0.1) is 5.92 Å². The molecule has 2 unspecified atom stereocenters. The molecule has 15 heavy (non-hydrogen) atoms. The average Bonchev–Trinajstić information content (AvgIpc) is 2.48. The van der Waals surface area contributed by atoms with E-state index in [1.165, 1.54) is 19.3 Å². The van der Waals surface area contributed by atoms with Crippen molar-refractivity contribution >= 4 is 0 Å². The van der Waals surface area contributed by atoms with Gasteiger partial charge in [0.25, 0.3) is 0 Å². The van der Waals surface area contributed by atoms with Crippen molar-refractivity contribution < 1.29 is 5.11 Å². The van der Waals surface area contributed by atoms with E-state index >= 15 is 0 Å². The van der Waals surface area contributed by atoms with Crippen LogP contribution in [-0.4, -0.2) is 41.3 Å². The zero-order valence-electron chi connectivity index (χ0n) is 10.4. The van der Waals surface area contributed by atoms with Crippen molar-refractivity contribution in [2.24, 2.45) is 11.7 Å². The number of hydrogen-bond donors (Lipinski definition) is 2. The van der Waals surface area contributed by atoms with Crippen molar-refractivity contribution in [2.75, 3.05) is 19.6 Å². The number of nitrogens with zero attached hydrogens (tertiary/aromatic N) is 1. The molecular formula is C12H26N2O. The molecule has 0 radical (unpaired) electrons. The van der Waals surface area contributed by atoms with Gasteiger partial charge in [-0.2, -0.15) is 0 Å². The summed E-state index contributed by atoms with van der Waals surface area (Å²) in [7, 11) is 0. The predicted octanol–water partition coefficient (Wildman–Crippen LogP) is 1.21. The maximum atomic E-state index is 9.79. The summed E-state index contributed by atoms with van der Waals surface area (Å²) >= 11 is 0. The Morgan fingerprint density at radius 1 is 1.40 bits per heavy atom. The Labute approximate surface area is 93.6 Å². The van der Waals surface area contributed by atoms with Crippen molar-refractivity contribution in [3.63, 3.8) is 0 Å². The molecule has 0 aliphatic heterocycles. The van der Waals surface area contributed by atoms with Crippen LogP contribution in [0.2, 0.25) is 0 Å². The molecule has 0 bridgehead atoms. The Kier molecular flexibility index (Phi) is 4.56. The minimum Gasteiger partial charge on any atom is -0.389 e. The summed E-state index contributed by atoms with van der Waals surface area (Å²) in [5.74, 6) is 0.632. The molecule has 3 nitrogen and oxygen atoms in total. The van der Waals surface area contributed by atoms with E-state index in [1.807, 2.05) is 13.8 Å². The van der Waals surface area contributed by atoms with Crippen LogP contribution in [0.1, 0.15) is 40.0 Å². The Morgan fingerprint density at radius 2 is 2.07 bits per heavy atom. The molecule has 2 atom stereocenters. The normalized spacial score (nSPS) is 27.6. The lowest BCUT2D eigenvalue weighted by molar-refractivity contribution is 0.0324. The van der Waals surface area contributed by atoms with Gasteiger partial charge in [0.15, 0.2) is 0 Å². The molecule has 1 rings (SSSR count). The van der Waals surface area contributed by atoms with Crippen molar-refractivity contribution in [2.45, 2.75) is 51.7 Å². The van der Waals surface area contributed by atoms with E-state index in [1.54, 1.807) is 0 Å². The molecule has 0 heterocycles. The molecule has 1 aliphatic carbocycles. The number of aliphatic hydroxyl groups is 1. The maximum Gasteiger partial charge on any atom is 0.0718 e. The fourth-order valence-corrected chi connectivity index (χ4v) is 2.48. The molecule has 0 amide bonds. The zero-order chi connectivity index (χ0) is 11.5. The van der Waals surface area contributed by atoms with E-state index in [9.17, 15) is 5.11 Å². The van der Waals surface area contributed by atoms with Gasteiger partial charge >= 0.3 is 0 Å². The highest BCUT2D eigenvalue weighted by Gasteiger charge is 2.27.